The molecule has 1 amide bonds. The summed E-state index contributed by atoms with van der Waals surface area (Å²) >= 11 is 0. The number of likely N-dealkylation sites (N-methyl/N-ethyl adjacent to an activating group) is 1. The summed E-state index contributed by atoms with van der Waals surface area (Å²) in [7, 11) is 2.06. The summed E-state index contributed by atoms with van der Waals surface area (Å²) < 4.78 is 27.5. The minimum Gasteiger partial charge on any atom is -0.345 e. The van der Waals surface area contributed by atoms with Crippen molar-refractivity contribution in [3.05, 3.63) is 65.0 Å². The Hall–Kier alpha value is -3.13. The lowest BCUT2D eigenvalue weighted by molar-refractivity contribution is -0.134. The lowest BCUT2D eigenvalue weighted by atomic mass is 10.0. The molecular formula is C24H24F2N4O2. The SMILES string of the molecule is CN1CCN(C(=O)C2CC2c2cnc3[nH]cc(C(=O)Cc4cccc(F)c4F)c3c2)CC1. The molecule has 2 unspecified atom stereocenters. The fraction of sp³-hybridized carbons (Fsp3) is 0.375. The van der Waals surface area contributed by atoms with Crippen LogP contribution in [0.3, 0.4) is 0 Å². The second kappa shape index (κ2) is 8.09. The maximum Gasteiger partial charge on any atom is 0.226 e. The summed E-state index contributed by atoms with van der Waals surface area (Å²) in [6.07, 6.45) is 3.84. The summed E-state index contributed by atoms with van der Waals surface area (Å²) in [5, 5.41) is 0.641. The monoisotopic (exact) mass is 438 g/mol. The first-order valence-corrected chi connectivity index (χ1v) is 10.8. The molecule has 2 aromatic heterocycles. The van der Waals surface area contributed by atoms with E-state index in [9.17, 15) is 18.4 Å². The summed E-state index contributed by atoms with van der Waals surface area (Å²) in [5.41, 5.74) is 1.89. The number of nitrogens with one attached hydrogen (secondary N) is 1. The molecule has 3 heterocycles. The van der Waals surface area contributed by atoms with E-state index in [1.54, 1.807) is 12.4 Å². The zero-order chi connectivity index (χ0) is 22.4. The Balaban J connectivity index is 1.34. The Kier molecular flexibility index (Phi) is 5.25. The number of carbonyl (C=O) groups is 2. The van der Waals surface area contributed by atoms with Crippen molar-refractivity contribution in [3.8, 4) is 0 Å². The zero-order valence-corrected chi connectivity index (χ0v) is 17.8. The third-order valence-corrected chi connectivity index (χ3v) is 6.59. The number of amides is 1. The van der Waals surface area contributed by atoms with Crippen molar-refractivity contribution in [2.24, 2.45) is 5.92 Å². The van der Waals surface area contributed by atoms with Crippen LogP contribution in [0.5, 0.6) is 0 Å². The number of aromatic nitrogens is 2. The van der Waals surface area contributed by atoms with E-state index in [0.29, 0.717) is 16.6 Å². The highest BCUT2D eigenvalue weighted by Crippen LogP contribution is 2.49. The van der Waals surface area contributed by atoms with Crippen molar-refractivity contribution in [2.75, 3.05) is 33.2 Å². The second-order valence-corrected chi connectivity index (χ2v) is 8.76. The van der Waals surface area contributed by atoms with Crippen LogP contribution in [0.2, 0.25) is 0 Å². The molecule has 2 fully saturated rings. The number of pyridine rings is 1. The van der Waals surface area contributed by atoms with Crippen molar-refractivity contribution in [3.63, 3.8) is 0 Å². The number of hydrogen-bond donors (Lipinski definition) is 1. The maximum atomic E-state index is 14.0. The van der Waals surface area contributed by atoms with Crippen LogP contribution >= 0.6 is 0 Å². The molecule has 0 spiro atoms. The smallest absolute Gasteiger partial charge is 0.226 e. The Bertz CT molecular complexity index is 1200. The third kappa shape index (κ3) is 3.79. The van der Waals surface area contributed by atoms with Gasteiger partial charge in [-0.05, 0) is 42.6 Å². The quantitative estimate of drug-likeness (QED) is 0.622. The van der Waals surface area contributed by atoms with Gasteiger partial charge in [0.25, 0.3) is 0 Å². The lowest BCUT2D eigenvalue weighted by Crippen LogP contribution is -2.47. The molecule has 1 aliphatic carbocycles. The Morgan fingerprint density at radius 2 is 1.97 bits per heavy atom. The van der Waals surface area contributed by atoms with E-state index in [-0.39, 0.29) is 35.5 Å². The Labute approximate surface area is 184 Å². The minimum absolute atomic E-state index is 0.0218. The number of H-pyrrole nitrogens is 1. The van der Waals surface area contributed by atoms with E-state index in [1.807, 2.05) is 11.0 Å². The van der Waals surface area contributed by atoms with Crippen LogP contribution in [0.25, 0.3) is 11.0 Å². The number of ketones is 1. The highest BCUT2D eigenvalue weighted by atomic mass is 19.2. The average molecular weight is 438 g/mol. The van der Waals surface area contributed by atoms with Crippen LogP contribution in [0.1, 0.15) is 33.8 Å². The van der Waals surface area contributed by atoms with Crippen molar-refractivity contribution in [1.29, 1.82) is 0 Å². The summed E-state index contributed by atoms with van der Waals surface area (Å²) in [6, 6.07) is 5.73. The minimum atomic E-state index is -0.997. The lowest BCUT2D eigenvalue weighted by Gasteiger charge is -2.32. The fourth-order valence-corrected chi connectivity index (χ4v) is 4.50. The van der Waals surface area contributed by atoms with Crippen molar-refractivity contribution in [1.82, 2.24) is 19.8 Å². The highest BCUT2D eigenvalue weighted by molar-refractivity contribution is 6.08. The number of piperazine rings is 1. The zero-order valence-electron chi connectivity index (χ0n) is 17.8. The first kappa shape index (κ1) is 20.8. The van der Waals surface area contributed by atoms with Gasteiger partial charge in [-0.3, -0.25) is 9.59 Å². The van der Waals surface area contributed by atoms with E-state index in [0.717, 1.165) is 44.2 Å². The summed E-state index contributed by atoms with van der Waals surface area (Å²) in [4.78, 5) is 37.3. The molecule has 2 atom stereocenters. The van der Waals surface area contributed by atoms with Gasteiger partial charge in [0.2, 0.25) is 5.91 Å². The van der Waals surface area contributed by atoms with Crippen molar-refractivity contribution >= 4 is 22.7 Å². The van der Waals surface area contributed by atoms with Gasteiger partial charge in [-0.2, -0.15) is 0 Å². The maximum absolute atomic E-state index is 14.0. The molecule has 32 heavy (non-hydrogen) atoms. The standard InChI is InChI=1S/C24H24F2N4O2/c1-29-5-7-30(8-6-29)24(32)18-11-16(18)15-9-17-19(13-28-23(17)27-12-15)21(31)10-14-3-2-4-20(25)22(14)26/h2-4,9,12-13,16,18H,5-8,10-11H2,1H3,(H,27,28). The first-order valence-electron chi connectivity index (χ1n) is 10.8. The van der Waals surface area contributed by atoms with E-state index in [1.165, 1.54) is 12.1 Å². The summed E-state index contributed by atoms with van der Waals surface area (Å²) in [5.74, 6) is -2.05. The first-order chi connectivity index (χ1) is 15.4. The molecular weight excluding hydrogens is 414 g/mol. The van der Waals surface area contributed by atoms with Crippen LogP contribution in [0, 0.1) is 17.6 Å². The van der Waals surface area contributed by atoms with Gasteiger partial charge in [-0.1, -0.05) is 12.1 Å². The molecule has 1 saturated carbocycles. The molecule has 6 nitrogen and oxygen atoms in total. The van der Waals surface area contributed by atoms with Gasteiger partial charge in [0, 0.05) is 61.9 Å². The Morgan fingerprint density at radius 1 is 1.19 bits per heavy atom. The van der Waals surface area contributed by atoms with E-state index in [4.69, 9.17) is 0 Å². The van der Waals surface area contributed by atoms with E-state index >= 15 is 0 Å². The van der Waals surface area contributed by atoms with Gasteiger partial charge in [-0.25, -0.2) is 13.8 Å². The van der Waals surface area contributed by atoms with E-state index in [2.05, 4.69) is 21.9 Å². The second-order valence-electron chi connectivity index (χ2n) is 8.76. The van der Waals surface area contributed by atoms with Gasteiger partial charge < -0.3 is 14.8 Å². The van der Waals surface area contributed by atoms with E-state index < -0.39 is 11.6 Å². The molecule has 1 aliphatic heterocycles. The number of nitrogens with zero attached hydrogens (tertiary/aromatic N) is 3. The van der Waals surface area contributed by atoms with Crippen molar-refractivity contribution in [2.45, 2.75) is 18.8 Å². The average Bonchev–Trinajstić information content (AvgIpc) is 3.48. The van der Waals surface area contributed by atoms with Crippen LogP contribution < -0.4 is 0 Å². The topological polar surface area (TPSA) is 69.3 Å². The van der Waals surface area contributed by atoms with Crippen LogP contribution in [0.15, 0.2) is 36.7 Å². The molecule has 1 N–H and O–H groups in total. The van der Waals surface area contributed by atoms with Gasteiger partial charge in [-0.15, -0.1) is 0 Å². The number of fused-ring (bicyclic) bond motifs is 1. The number of halogens is 2. The number of aromatic amines is 1. The van der Waals surface area contributed by atoms with Gasteiger partial charge in [0.15, 0.2) is 17.4 Å². The predicted octanol–water partition coefficient (Wildman–Crippen LogP) is 3.14. The molecule has 0 radical (unpaired) electrons. The van der Waals surface area contributed by atoms with Crippen LogP contribution in [-0.2, 0) is 11.2 Å². The molecule has 1 aromatic carbocycles. The molecule has 2 aliphatic rings. The molecule has 1 saturated heterocycles. The fourth-order valence-electron chi connectivity index (χ4n) is 4.50. The number of hydrogen-bond acceptors (Lipinski definition) is 4. The normalized spacial score (nSPS) is 21.2. The van der Waals surface area contributed by atoms with Crippen LogP contribution in [-0.4, -0.2) is 64.7 Å². The van der Waals surface area contributed by atoms with Gasteiger partial charge >= 0.3 is 0 Å². The summed E-state index contributed by atoms with van der Waals surface area (Å²) in [6.45, 7) is 3.28. The molecule has 0 bridgehead atoms. The number of rotatable bonds is 5. The van der Waals surface area contributed by atoms with Crippen LogP contribution in [0.4, 0.5) is 8.78 Å². The van der Waals surface area contributed by atoms with Gasteiger partial charge in [0.05, 0.1) is 0 Å². The molecule has 8 heteroatoms. The number of carbonyl (C=O) groups excluding carboxylic acids is 2. The van der Waals surface area contributed by atoms with Crippen molar-refractivity contribution < 1.29 is 18.4 Å². The predicted molar refractivity (Wildman–Crippen MR) is 115 cm³/mol. The molecule has 5 rings (SSSR count). The largest absolute Gasteiger partial charge is 0.345 e. The number of benzene rings is 1. The Morgan fingerprint density at radius 3 is 2.75 bits per heavy atom. The highest BCUT2D eigenvalue weighted by Gasteiger charge is 2.46. The van der Waals surface area contributed by atoms with Gasteiger partial charge in [0.1, 0.15) is 5.65 Å². The molecule has 3 aromatic rings. The molecule has 166 valence electrons. The third-order valence-electron chi connectivity index (χ3n) is 6.59. The number of Topliss-reactive ketones (excluding diaryl/α,β-unsaturated/α-hetero) is 1.